The fourth-order valence-corrected chi connectivity index (χ4v) is 4.26. The van der Waals surface area contributed by atoms with Crippen molar-refractivity contribution in [2.45, 2.75) is 46.2 Å². The Morgan fingerprint density at radius 2 is 1.87 bits per heavy atom. The summed E-state index contributed by atoms with van der Waals surface area (Å²) in [5, 5.41) is 0.430. The summed E-state index contributed by atoms with van der Waals surface area (Å²) < 4.78 is 7.09. The summed E-state index contributed by atoms with van der Waals surface area (Å²) >= 11 is 0. The molecule has 1 aliphatic rings. The van der Waals surface area contributed by atoms with Gasteiger partial charge in [0.1, 0.15) is 5.56 Å². The number of rotatable bonds is 3. The van der Waals surface area contributed by atoms with Crippen LogP contribution in [-0.4, -0.2) is 23.7 Å². The smallest absolute Gasteiger partial charge is 0.343 e. The maximum absolute atomic E-state index is 13.1. The molecule has 0 unspecified atom stereocenters. The first-order valence-corrected chi connectivity index (χ1v) is 10.7. The number of esters is 1. The van der Waals surface area contributed by atoms with Gasteiger partial charge in [0, 0.05) is 30.2 Å². The van der Waals surface area contributed by atoms with Crippen molar-refractivity contribution in [3.63, 3.8) is 0 Å². The standard InChI is InChI=1S/C25H29N3O3/c1-5-31-24(30)19-15-28(25(2,3)4)21-13-22(20(26)12-18(21)23(19)29)27-11-10-16-8-6-7-9-17(16)14-27/h6-9,12-13,15H,5,10-11,14,26H2,1-4H3. The normalized spacial score (nSPS) is 13.9. The molecular formula is C25H29N3O3. The van der Waals surface area contributed by atoms with Gasteiger partial charge in [-0.1, -0.05) is 24.3 Å². The van der Waals surface area contributed by atoms with Gasteiger partial charge in [0.25, 0.3) is 0 Å². The second-order valence-corrected chi connectivity index (χ2v) is 9.00. The predicted octanol–water partition coefficient (Wildman–Crippen LogP) is 4.08. The largest absolute Gasteiger partial charge is 0.462 e. The average Bonchev–Trinajstić information content (AvgIpc) is 2.73. The molecule has 0 atom stereocenters. The van der Waals surface area contributed by atoms with Crippen molar-refractivity contribution < 1.29 is 9.53 Å². The third kappa shape index (κ3) is 3.78. The van der Waals surface area contributed by atoms with Crippen LogP contribution in [0.2, 0.25) is 0 Å². The highest BCUT2D eigenvalue weighted by molar-refractivity contribution is 5.96. The number of anilines is 2. The van der Waals surface area contributed by atoms with E-state index < -0.39 is 5.97 Å². The molecule has 2 aromatic carbocycles. The lowest BCUT2D eigenvalue weighted by Gasteiger charge is -2.33. The summed E-state index contributed by atoms with van der Waals surface area (Å²) in [6.07, 6.45) is 2.57. The molecule has 1 aliphatic heterocycles. The van der Waals surface area contributed by atoms with E-state index in [1.54, 1.807) is 19.2 Å². The van der Waals surface area contributed by atoms with Crippen LogP contribution in [0.1, 0.15) is 49.2 Å². The van der Waals surface area contributed by atoms with E-state index in [-0.39, 0.29) is 23.1 Å². The molecule has 31 heavy (non-hydrogen) atoms. The van der Waals surface area contributed by atoms with Gasteiger partial charge in [-0.05, 0) is 57.4 Å². The minimum absolute atomic E-state index is 0.0309. The number of nitrogens with zero attached hydrogens (tertiary/aromatic N) is 2. The third-order valence-electron chi connectivity index (χ3n) is 5.84. The SMILES string of the molecule is CCOC(=O)c1cn(C(C)(C)C)c2cc(N3CCc4ccccc4C3)c(N)cc2c1=O. The molecule has 3 aromatic rings. The topological polar surface area (TPSA) is 77.6 Å². The van der Waals surface area contributed by atoms with Crippen LogP contribution in [0, 0.1) is 0 Å². The molecule has 0 amide bonds. The zero-order chi connectivity index (χ0) is 22.3. The quantitative estimate of drug-likeness (QED) is 0.511. The summed E-state index contributed by atoms with van der Waals surface area (Å²) in [5.41, 5.74) is 10.6. The van der Waals surface area contributed by atoms with Gasteiger partial charge >= 0.3 is 5.97 Å². The molecule has 0 saturated heterocycles. The number of hydrogen-bond acceptors (Lipinski definition) is 5. The summed E-state index contributed by atoms with van der Waals surface area (Å²) in [4.78, 5) is 27.8. The molecule has 6 heteroatoms. The molecule has 2 heterocycles. The highest BCUT2D eigenvalue weighted by atomic mass is 16.5. The molecule has 6 nitrogen and oxygen atoms in total. The van der Waals surface area contributed by atoms with E-state index in [0.717, 1.165) is 30.7 Å². The number of hydrogen-bond donors (Lipinski definition) is 1. The molecular weight excluding hydrogens is 390 g/mol. The second kappa shape index (κ2) is 7.76. The monoisotopic (exact) mass is 419 g/mol. The molecule has 0 aliphatic carbocycles. The van der Waals surface area contributed by atoms with Crippen LogP contribution < -0.4 is 16.1 Å². The predicted molar refractivity (Wildman–Crippen MR) is 125 cm³/mol. The van der Waals surface area contributed by atoms with Crippen molar-refractivity contribution in [2.75, 3.05) is 23.8 Å². The first-order chi connectivity index (χ1) is 14.7. The molecule has 1 aromatic heterocycles. The molecule has 0 spiro atoms. The molecule has 0 saturated carbocycles. The van der Waals surface area contributed by atoms with Gasteiger partial charge < -0.3 is 19.9 Å². The Hall–Kier alpha value is -3.28. The Labute approximate surface area is 182 Å². The van der Waals surface area contributed by atoms with E-state index in [1.807, 2.05) is 31.4 Å². The van der Waals surface area contributed by atoms with Gasteiger partial charge in [0.05, 0.1) is 23.5 Å². The highest BCUT2D eigenvalue weighted by Gasteiger charge is 2.25. The summed E-state index contributed by atoms with van der Waals surface area (Å²) in [7, 11) is 0. The van der Waals surface area contributed by atoms with Crippen LogP contribution in [0.5, 0.6) is 0 Å². The lowest BCUT2D eigenvalue weighted by molar-refractivity contribution is 0.0524. The minimum atomic E-state index is -0.609. The van der Waals surface area contributed by atoms with Crippen LogP contribution in [0.15, 0.2) is 47.4 Å². The number of carbonyl (C=O) groups is 1. The molecule has 0 fully saturated rings. The Morgan fingerprint density at radius 1 is 1.16 bits per heavy atom. The maximum atomic E-state index is 13.1. The first kappa shape index (κ1) is 21.0. The van der Waals surface area contributed by atoms with Crippen molar-refractivity contribution in [2.24, 2.45) is 0 Å². The van der Waals surface area contributed by atoms with Crippen LogP contribution in [0.25, 0.3) is 10.9 Å². The number of aromatic nitrogens is 1. The fourth-order valence-electron chi connectivity index (χ4n) is 4.26. The number of pyridine rings is 1. The van der Waals surface area contributed by atoms with Crippen molar-refractivity contribution in [3.8, 4) is 0 Å². The van der Waals surface area contributed by atoms with Gasteiger partial charge in [0.2, 0.25) is 5.43 Å². The van der Waals surface area contributed by atoms with Crippen molar-refractivity contribution in [3.05, 3.63) is 69.5 Å². The molecule has 162 valence electrons. The second-order valence-electron chi connectivity index (χ2n) is 9.00. The van der Waals surface area contributed by atoms with Gasteiger partial charge in [-0.2, -0.15) is 0 Å². The maximum Gasteiger partial charge on any atom is 0.343 e. The van der Waals surface area contributed by atoms with E-state index >= 15 is 0 Å². The Morgan fingerprint density at radius 3 is 2.55 bits per heavy atom. The van der Waals surface area contributed by atoms with E-state index in [0.29, 0.717) is 11.1 Å². The summed E-state index contributed by atoms with van der Waals surface area (Å²) in [5.74, 6) is -0.609. The van der Waals surface area contributed by atoms with Crippen LogP contribution in [0.3, 0.4) is 0 Å². The van der Waals surface area contributed by atoms with Gasteiger partial charge in [0.15, 0.2) is 0 Å². The molecule has 4 rings (SSSR count). The van der Waals surface area contributed by atoms with E-state index in [4.69, 9.17) is 10.5 Å². The van der Waals surface area contributed by atoms with Crippen LogP contribution >= 0.6 is 0 Å². The summed E-state index contributed by atoms with van der Waals surface area (Å²) in [6.45, 7) is 9.68. The number of nitrogens with two attached hydrogens (primary N) is 1. The first-order valence-electron chi connectivity index (χ1n) is 10.7. The Kier molecular flexibility index (Phi) is 5.25. The van der Waals surface area contributed by atoms with Gasteiger partial charge in [-0.15, -0.1) is 0 Å². The highest BCUT2D eigenvalue weighted by Crippen LogP contribution is 2.33. The average molecular weight is 420 g/mol. The van der Waals surface area contributed by atoms with Crippen molar-refractivity contribution in [1.29, 1.82) is 0 Å². The van der Waals surface area contributed by atoms with Gasteiger partial charge in [-0.3, -0.25) is 4.79 Å². The summed E-state index contributed by atoms with van der Waals surface area (Å²) in [6, 6.07) is 12.1. The Balaban J connectivity index is 1.89. The molecule has 0 bridgehead atoms. The number of nitrogen functional groups attached to an aromatic ring is 1. The van der Waals surface area contributed by atoms with E-state index in [9.17, 15) is 9.59 Å². The number of benzene rings is 2. The van der Waals surface area contributed by atoms with Crippen molar-refractivity contribution in [1.82, 2.24) is 4.57 Å². The molecule has 2 N–H and O–H groups in total. The van der Waals surface area contributed by atoms with Gasteiger partial charge in [-0.25, -0.2) is 4.79 Å². The fraction of sp³-hybridized carbons (Fsp3) is 0.360. The van der Waals surface area contributed by atoms with E-state index in [1.165, 1.54) is 11.1 Å². The lowest BCUT2D eigenvalue weighted by Crippen LogP contribution is -2.32. The Bertz CT molecular complexity index is 1220. The zero-order valence-corrected chi connectivity index (χ0v) is 18.6. The van der Waals surface area contributed by atoms with E-state index in [2.05, 4.69) is 29.2 Å². The van der Waals surface area contributed by atoms with Crippen LogP contribution in [0.4, 0.5) is 11.4 Å². The van der Waals surface area contributed by atoms with Crippen LogP contribution in [-0.2, 0) is 23.2 Å². The number of fused-ring (bicyclic) bond motifs is 2. The van der Waals surface area contributed by atoms with Crippen molar-refractivity contribution >= 4 is 28.2 Å². The number of carbonyl (C=O) groups excluding carboxylic acids is 1. The molecule has 0 radical (unpaired) electrons. The lowest BCUT2D eigenvalue weighted by atomic mass is 9.98. The minimum Gasteiger partial charge on any atom is -0.462 e. The number of ether oxygens (including phenoxy) is 1. The zero-order valence-electron chi connectivity index (χ0n) is 18.6. The third-order valence-corrected chi connectivity index (χ3v) is 5.84.